The Kier molecular flexibility index (Phi) is 9.29. The molecular formula is C30H31N3O6. The molecule has 0 radical (unpaired) electrons. The summed E-state index contributed by atoms with van der Waals surface area (Å²) in [6.45, 7) is 0.969. The lowest BCUT2D eigenvalue weighted by Crippen LogP contribution is -2.42. The van der Waals surface area contributed by atoms with Crippen molar-refractivity contribution in [1.29, 1.82) is 0 Å². The third-order valence-corrected chi connectivity index (χ3v) is 6.44. The highest BCUT2D eigenvalue weighted by molar-refractivity contribution is 5.98. The normalized spacial score (nSPS) is 12.7. The van der Waals surface area contributed by atoms with Crippen molar-refractivity contribution in [3.05, 3.63) is 101 Å². The maximum absolute atomic E-state index is 13.0. The SMILES string of the molecule is COC(=O)[C@H](CCCNC(=O)c1ccccc1)NC(=O)c1ccc2c(c1)CCN2C(=O)OCc1ccccc1. The molecule has 0 aromatic heterocycles. The molecule has 3 aromatic carbocycles. The van der Waals surface area contributed by atoms with Crippen molar-refractivity contribution in [2.75, 3.05) is 25.1 Å². The Morgan fingerprint density at radius 2 is 1.62 bits per heavy atom. The van der Waals surface area contributed by atoms with Crippen LogP contribution in [0.25, 0.3) is 0 Å². The molecule has 0 saturated heterocycles. The zero-order valence-corrected chi connectivity index (χ0v) is 21.7. The molecule has 0 saturated carbocycles. The predicted octanol–water partition coefficient (Wildman–Crippen LogP) is 3.87. The first-order valence-corrected chi connectivity index (χ1v) is 12.8. The first kappa shape index (κ1) is 27.4. The number of anilines is 1. The van der Waals surface area contributed by atoms with Gasteiger partial charge in [0, 0.05) is 24.2 Å². The third kappa shape index (κ3) is 7.22. The molecule has 1 aliphatic heterocycles. The number of carbonyl (C=O) groups is 4. The summed E-state index contributed by atoms with van der Waals surface area (Å²) >= 11 is 0. The van der Waals surface area contributed by atoms with Gasteiger partial charge in [0.15, 0.2) is 0 Å². The van der Waals surface area contributed by atoms with Gasteiger partial charge in [-0.1, -0.05) is 48.5 Å². The molecule has 3 amide bonds. The van der Waals surface area contributed by atoms with Crippen LogP contribution in [0.15, 0.2) is 78.9 Å². The lowest BCUT2D eigenvalue weighted by atomic mass is 10.1. The molecule has 1 heterocycles. The van der Waals surface area contributed by atoms with Crippen LogP contribution in [0.5, 0.6) is 0 Å². The van der Waals surface area contributed by atoms with Crippen LogP contribution in [-0.4, -0.2) is 50.1 Å². The summed E-state index contributed by atoms with van der Waals surface area (Å²) in [6, 6.07) is 22.5. The van der Waals surface area contributed by atoms with E-state index in [0.717, 1.165) is 11.1 Å². The van der Waals surface area contributed by atoms with Gasteiger partial charge in [0.05, 0.1) is 12.8 Å². The molecule has 3 aromatic rings. The van der Waals surface area contributed by atoms with Crippen molar-refractivity contribution in [3.63, 3.8) is 0 Å². The van der Waals surface area contributed by atoms with Crippen LogP contribution in [0, 0.1) is 0 Å². The third-order valence-electron chi connectivity index (χ3n) is 6.44. The summed E-state index contributed by atoms with van der Waals surface area (Å²) in [5.41, 5.74) is 3.37. The number of rotatable bonds is 10. The van der Waals surface area contributed by atoms with Crippen LogP contribution in [0.2, 0.25) is 0 Å². The van der Waals surface area contributed by atoms with E-state index in [1.165, 1.54) is 7.11 Å². The summed E-state index contributed by atoms with van der Waals surface area (Å²) in [4.78, 5) is 51.7. The van der Waals surface area contributed by atoms with E-state index < -0.39 is 24.0 Å². The molecule has 0 unspecified atom stereocenters. The number of esters is 1. The first-order chi connectivity index (χ1) is 19.0. The summed E-state index contributed by atoms with van der Waals surface area (Å²) in [5.74, 6) is -1.19. The second-order valence-electron chi connectivity index (χ2n) is 9.10. The Labute approximate surface area is 227 Å². The van der Waals surface area contributed by atoms with Gasteiger partial charge in [0.25, 0.3) is 11.8 Å². The maximum Gasteiger partial charge on any atom is 0.414 e. The van der Waals surface area contributed by atoms with E-state index in [1.807, 2.05) is 36.4 Å². The Bertz CT molecular complexity index is 1310. The molecule has 202 valence electrons. The molecule has 1 aliphatic rings. The zero-order valence-electron chi connectivity index (χ0n) is 21.7. The number of fused-ring (bicyclic) bond motifs is 1. The van der Waals surface area contributed by atoms with Crippen molar-refractivity contribution in [2.24, 2.45) is 0 Å². The molecule has 1 atom stereocenters. The van der Waals surface area contributed by atoms with Crippen LogP contribution in [0.3, 0.4) is 0 Å². The standard InChI is InChI=1S/C30H31N3O6/c1-38-29(36)25(13-8-17-31-27(34)22-11-6-3-7-12-22)32-28(35)24-14-15-26-23(19-24)16-18-33(26)30(37)39-20-21-9-4-2-5-10-21/h2-7,9-12,14-15,19,25H,8,13,16-18,20H2,1H3,(H,31,34)(H,32,35)/t25-/m0/s1. The van der Waals surface area contributed by atoms with Crippen LogP contribution in [-0.2, 0) is 27.3 Å². The number of hydrogen-bond donors (Lipinski definition) is 2. The number of nitrogens with zero attached hydrogens (tertiary/aromatic N) is 1. The largest absolute Gasteiger partial charge is 0.467 e. The minimum atomic E-state index is -0.867. The number of amides is 3. The minimum absolute atomic E-state index is 0.177. The number of ether oxygens (including phenoxy) is 2. The summed E-state index contributed by atoms with van der Waals surface area (Å²) in [7, 11) is 1.26. The number of hydrogen-bond acceptors (Lipinski definition) is 6. The van der Waals surface area contributed by atoms with Gasteiger partial charge in [-0.05, 0) is 60.7 Å². The van der Waals surface area contributed by atoms with Gasteiger partial charge < -0.3 is 20.1 Å². The Balaban J connectivity index is 1.31. The number of methoxy groups -OCH3 is 1. The second kappa shape index (κ2) is 13.2. The highest BCUT2D eigenvalue weighted by Crippen LogP contribution is 2.29. The molecule has 9 heteroatoms. The maximum atomic E-state index is 13.0. The van der Waals surface area contributed by atoms with Gasteiger partial charge in [-0.15, -0.1) is 0 Å². The van der Waals surface area contributed by atoms with Gasteiger partial charge in [-0.3, -0.25) is 14.5 Å². The fourth-order valence-corrected chi connectivity index (χ4v) is 4.36. The minimum Gasteiger partial charge on any atom is -0.467 e. The lowest BCUT2D eigenvalue weighted by molar-refractivity contribution is -0.143. The molecule has 0 bridgehead atoms. The molecular weight excluding hydrogens is 498 g/mol. The summed E-state index contributed by atoms with van der Waals surface area (Å²) in [5, 5.41) is 5.55. The monoisotopic (exact) mass is 529 g/mol. The summed E-state index contributed by atoms with van der Waals surface area (Å²) in [6.07, 6.45) is 0.890. The number of carbonyl (C=O) groups excluding carboxylic acids is 4. The smallest absolute Gasteiger partial charge is 0.414 e. The number of nitrogens with one attached hydrogen (secondary N) is 2. The van der Waals surface area contributed by atoms with E-state index in [9.17, 15) is 19.2 Å². The Morgan fingerprint density at radius 3 is 2.33 bits per heavy atom. The summed E-state index contributed by atoms with van der Waals surface area (Å²) < 4.78 is 10.3. The van der Waals surface area contributed by atoms with Crippen molar-refractivity contribution < 1.29 is 28.7 Å². The van der Waals surface area contributed by atoms with Gasteiger partial charge in [-0.2, -0.15) is 0 Å². The van der Waals surface area contributed by atoms with Crippen molar-refractivity contribution in [1.82, 2.24) is 10.6 Å². The van der Waals surface area contributed by atoms with E-state index in [0.29, 0.717) is 49.2 Å². The Hall–Kier alpha value is -4.66. The van der Waals surface area contributed by atoms with Gasteiger partial charge in [-0.25, -0.2) is 9.59 Å². The predicted molar refractivity (Wildman–Crippen MR) is 145 cm³/mol. The van der Waals surface area contributed by atoms with E-state index in [4.69, 9.17) is 9.47 Å². The van der Waals surface area contributed by atoms with Crippen LogP contribution in [0.1, 0.15) is 44.7 Å². The van der Waals surface area contributed by atoms with E-state index >= 15 is 0 Å². The molecule has 0 aliphatic carbocycles. The molecule has 4 rings (SSSR count). The fourth-order valence-electron chi connectivity index (χ4n) is 4.36. The molecule has 0 fully saturated rings. The van der Waals surface area contributed by atoms with Crippen molar-refractivity contribution in [3.8, 4) is 0 Å². The van der Waals surface area contributed by atoms with Crippen LogP contribution < -0.4 is 15.5 Å². The van der Waals surface area contributed by atoms with Gasteiger partial charge >= 0.3 is 12.1 Å². The van der Waals surface area contributed by atoms with Crippen molar-refractivity contribution >= 4 is 29.6 Å². The van der Waals surface area contributed by atoms with E-state index in [2.05, 4.69) is 10.6 Å². The van der Waals surface area contributed by atoms with Crippen LogP contribution in [0.4, 0.5) is 10.5 Å². The molecule has 2 N–H and O–H groups in total. The van der Waals surface area contributed by atoms with E-state index in [-0.39, 0.29) is 12.5 Å². The number of benzene rings is 3. The fraction of sp³-hybridized carbons (Fsp3) is 0.267. The second-order valence-corrected chi connectivity index (χ2v) is 9.10. The average Bonchev–Trinajstić information content (AvgIpc) is 3.41. The highest BCUT2D eigenvalue weighted by Gasteiger charge is 2.28. The zero-order chi connectivity index (χ0) is 27.6. The average molecular weight is 530 g/mol. The van der Waals surface area contributed by atoms with Crippen LogP contribution >= 0.6 is 0 Å². The van der Waals surface area contributed by atoms with Gasteiger partial charge in [0.2, 0.25) is 0 Å². The quantitative estimate of drug-likeness (QED) is 0.305. The Morgan fingerprint density at radius 1 is 0.897 bits per heavy atom. The van der Waals surface area contributed by atoms with Gasteiger partial charge in [0.1, 0.15) is 12.6 Å². The van der Waals surface area contributed by atoms with Crippen molar-refractivity contribution in [2.45, 2.75) is 31.9 Å². The molecule has 9 nitrogen and oxygen atoms in total. The first-order valence-electron chi connectivity index (χ1n) is 12.8. The topological polar surface area (TPSA) is 114 Å². The molecule has 39 heavy (non-hydrogen) atoms. The highest BCUT2D eigenvalue weighted by atomic mass is 16.6. The molecule has 0 spiro atoms. The lowest BCUT2D eigenvalue weighted by Gasteiger charge is -2.18. The van der Waals surface area contributed by atoms with E-state index in [1.54, 1.807) is 47.4 Å².